The van der Waals surface area contributed by atoms with Gasteiger partial charge in [0.25, 0.3) is 11.1 Å². The number of hydrogen-bond acceptors (Lipinski definition) is 6. The topological polar surface area (TPSA) is 105 Å². The van der Waals surface area contributed by atoms with E-state index in [1.54, 1.807) is 0 Å². The van der Waals surface area contributed by atoms with Crippen molar-refractivity contribution in [2.45, 2.75) is 42.5 Å². The highest BCUT2D eigenvalue weighted by molar-refractivity contribution is 5.23. The summed E-state index contributed by atoms with van der Waals surface area (Å²) in [6, 6.07) is 0. The van der Waals surface area contributed by atoms with Gasteiger partial charge in [-0.05, 0) is 0 Å². The molecule has 0 spiro atoms. The lowest BCUT2D eigenvalue weighted by atomic mass is 9.74. The van der Waals surface area contributed by atoms with Gasteiger partial charge in [-0.1, -0.05) is 0 Å². The van der Waals surface area contributed by atoms with Gasteiger partial charge in [0.2, 0.25) is 0 Å². The molecule has 4 aliphatic rings. The Balaban J connectivity index is 2.12. The van der Waals surface area contributed by atoms with E-state index in [4.69, 9.17) is 9.47 Å². The molecule has 0 aliphatic heterocycles. The lowest BCUT2D eigenvalue weighted by Gasteiger charge is -2.44. The average molecular weight is 272 g/mol. The summed E-state index contributed by atoms with van der Waals surface area (Å²) in [4.78, 5) is 22.1. The summed E-state index contributed by atoms with van der Waals surface area (Å²) in [6.07, 6.45) is 0.663. The maximum atomic E-state index is 11.5. The Labute approximate surface area is 109 Å². The maximum Gasteiger partial charge on any atom is 0.291 e. The Morgan fingerprint density at radius 3 is 1.42 bits per heavy atom. The zero-order valence-corrected chi connectivity index (χ0v) is 10.8. The summed E-state index contributed by atoms with van der Waals surface area (Å²) in [6.45, 7) is 0. The van der Waals surface area contributed by atoms with E-state index in [1.807, 2.05) is 0 Å². The fraction of sp³-hybridized carbons (Fsp3) is 1.00. The molecule has 4 rings (SSSR count). The molecule has 4 aliphatic carbocycles. The van der Waals surface area contributed by atoms with Crippen LogP contribution in [-0.4, -0.2) is 40.9 Å². The van der Waals surface area contributed by atoms with E-state index in [-0.39, 0.29) is 37.5 Å². The largest absolute Gasteiger partial charge is 0.353 e. The van der Waals surface area contributed by atoms with Crippen LogP contribution in [0.25, 0.3) is 0 Å². The molecule has 0 N–H and O–H groups in total. The minimum Gasteiger partial charge on any atom is -0.353 e. The van der Waals surface area contributed by atoms with Crippen LogP contribution in [-0.2, 0) is 9.47 Å². The summed E-state index contributed by atoms with van der Waals surface area (Å²) in [5.41, 5.74) is -2.88. The first-order chi connectivity index (χ1) is 8.88. The van der Waals surface area contributed by atoms with Crippen molar-refractivity contribution in [3.8, 4) is 0 Å². The Morgan fingerprint density at radius 2 is 1.21 bits per heavy atom. The molecule has 19 heavy (non-hydrogen) atoms. The van der Waals surface area contributed by atoms with E-state index < -0.39 is 26.7 Å². The standard InChI is InChI=1S/C11H16N2O6/c1-18-11(19-2)7-3-9(12(14)15)5-8(11)6-10(9,4-7)13(16)17/h7-8H,3-6H2,1-2H3. The van der Waals surface area contributed by atoms with Crippen LogP contribution >= 0.6 is 0 Å². The van der Waals surface area contributed by atoms with E-state index in [0.29, 0.717) is 0 Å². The number of rotatable bonds is 4. The third-order valence-electron chi connectivity index (χ3n) is 5.68. The van der Waals surface area contributed by atoms with Crippen LogP contribution in [0.4, 0.5) is 0 Å². The summed E-state index contributed by atoms with van der Waals surface area (Å²) in [5.74, 6) is -1.47. The highest BCUT2D eigenvalue weighted by atomic mass is 16.7. The first-order valence-electron chi connectivity index (χ1n) is 6.28. The van der Waals surface area contributed by atoms with Gasteiger partial charge >= 0.3 is 0 Å². The van der Waals surface area contributed by atoms with Crippen molar-refractivity contribution >= 4 is 0 Å². The van der Waals surface area contributed by atoms with Gasteiger partial charge in [0, 0.05) is 61.6 Å². The highest BCUT2D eigenvalue weighted by Gasteiger charge is 2.87. The van der Waals surface area contributed by atoms with Crippen molar-refractivity contribution in [1.29, 1.82) is 0 Å². The Hall–Kier alpha value is -1.28. The number of nitrogens with zero attached hydrogens (tertiary/aromatic N) is 2. The van der Waals surface area contributed by atoms with Crippen molar-refractivity contribution < 1.29 is 19.3 Å². The van der Waals surface area contributed by atoms with Crippen molar-refractivity contribution in [3.05, 3.63) is 20.2 Å². The van der Waals surface area contributed by atoms with Crippen LogP contribution in [0.5, 0.6) is 0 Å². The number of methoxy groups -OCH3 is 2. The monoisotopic (exact) mass is 272 g/mol. The van der Waals surface area contributed by atoms with Crippen molar-refractivity contribution in [2.24, 2.45) is 11.8 Å². The molecule has 106 valence electrons. The lowest BCUT2D eigenvalue weighted by molar-refractivity contribution is -0.673. The zero-order valence-electron chi connectivity index (χ0n) is 10.8. The van der Waals surface area contributed by atoms with Crippen LogP contribution < -0.4 is 0 Å². The smallest absolute Gasteiger partial charge is 0.291 e. The second kappa shape index (κ2) is 3.43. The number of ether oxygens (including phenoxy) is 2. The molecule has 0 aromatic carbocycles. The maximum absolute atomic E-state index is 11.5. The van der Waals surface area contributed by atoms with Crippen molar-refractivity contribution in [2.75, 3.05) is 14.2 Å². The van der Waals surface area contributed by atoms with Crippen LogP contribution in [0.1, 0.15) is 25.7 Å². The van der Waals surface area contributed by atoms with Crippen molar-refractivity contribution in [1.82, 2.24) is 0 Å². The predicted molar refractivity (Wildman–Crippen MR) is 61.6 cm³/mol. The minimum atomic E-state index is -1.44. The molecule has 0 atom stereocenters. The first kappa shape index (κ1) is 12.7. The van der Waals surface area contributed by atoms with Crippen LogP contribution in [0.2, 0.25) is 0 Å². The Morgan fingerprint density at radius 1 is 0.895 bits per heavy atom. The summed E-state index contributed by atoms with van der Waals surface area (Å²) in [7, 11) is 3.01. The highest BCUT2D eigenvalue weighted by Crippen LogP contribution is 2.69. The van der Waals surface area contributed by atoms with Gasteiger partial charge in [0.05, 0.1) is 0 Å². The average Bonchev–Trinajstić information content (AvgIpc) is 2.79. The first-order valence-corrected chi connectivity index (χ1v) is 6.28. The molecule has 4 bridgehead atoms. The molecule has 8 heteroatoms. The Bertz CT molecular complexity index is 410. The second-order valence-corrected chi connectivity index (χ2v) is 5.92. The second-order valence-electron chi connectivity index (χ2n) is 5.92. The molecule has 4 saturated carbocycles. The molecule has 0 saturated heterocycles. The van der Waals surface area contributed by atoms with Crippen LogP contribution in [0.3, 0.4) is 0 Å². The molecule has 0 unspecified atom stereocenters. The van der Waals surface area contributed by atoms with Gasteiger partial charge in [0.1, 0.15) is 0 Å². The van der Waals surface area contributed by atoms with E-state index in [1.165, 1.54) is 14.2 Å². The van der Waals surface area contributed by atoms with Gasteiger partial charge in [-0.25, -0.2) is 0 Å². The normalized spacial score (nSPS) is 45.6. The number of hydrogen-bond donors (Lipinski definition) is 0. The molecule has 0 amide bonds. The van der Waals surface area contributed by atoms with E-state index in [0.717, 1.165) is 0 Å². The lowest BCUT2D eigenvalue weighted by Crippen LogP contribution is -2.55. The molecule has 0 radical (unpaired) electrons. The molecule has 4 fully saturated rings. The molecule has 8 nitrogen and oxygen atoms in total. The third kappa shape index (κ3) is 1.09. The van der Waals surface area contributed by atoms with E-state index in [2.05, 4.69) is 0 Å². The summed E-state index contributed by atoms with van der Waals surface area (Å²) in [5, 5.41) is 23.0. The SMILES string of the molecule is COC1(OC)C2CC3([N+](=O)[O-])CC1CC3([N+](=O)[O-])C2. The van der Waals surface area contributed by atoms with Gasteiger partial charge in [-0.15, -0.1) is 0 Å². The summed E-state index contributed by atoms with van der Waals surface area (Å²) < 4.78 is 11.0. The quantitative estimate of drug-likeness (QED) is 0.426. The van der Waals surface area contributed by atoms with E-state index in [9.17, 15) is 20.2 Å². The van der Waals surface area contributed by atoms with Crippen LogP contribution in [0.15, 0.2) is 0 Å². The molecular weight excluding hydrogens is 256 g/mol. The van der Waals surface area contributed by atoms with Gasteiger partial charge in [-0.2, -0.15) is 0 Å². The number of nitro groups is 2. The van der Waals surface area contributed by atoms with Gasteiger partial charge in [-0.3, -0.25) is 20.2 Å². The molecule has 0 aromatic rings. The van der Waals surface area contributed by atoms with Gasteiger partial charge in [0.15, 0.2) is 5.79 Å². The summed E-state index contributed by atoms with van der Waals surface area (Å²) >= 11 is 0. The van der Waals surface area contributed by atoms with Crippen molar-refractivity contribution in [3.63, 3.8) is 0 Å². The van der Waals surface area contributed by atoms with E-state index >= 15 is 0 Å². The Kier molecular flexibility index (Phi) is 2.30. The minimum absolute atomic E-state index is 0.166. The predicted octanol–water partition coefficient (Wildman–Crippen LogP) is 0.840. The third-order valence-corrected chi connectivity index (χ3v) is 5.68. The molecule has 0 aromatic heterocycles. The zero-order chi connectivity index (χ0) is 14.1. The fourth-order valence-corrected chi connectivity index (χ4v) is 4.99. The van der Waals surface area contributed by atoms with Crippen LogP contribution in [0, 0.1) is 32.1 Å². The van der Waals surface area contributed by atoms with Gasteiger partial charge < -0.3 is 9.47 Å². The molecular formula is C11H16N2O6. The fourth-order valence-electron chi connectivity index (χ4n) is 4.99. The molecule has 0 heterocycles.